The Hall–Kier alpha value is -3.29. The number of carbonyl (C=O) groups excluding carboxylic acids is 2. The number of nitrogens with one attached hydrogen (secondary N) is 1. The summed E-state index contributed by atoms with van der Waals surface area (Å²) in [5.74, 6) is 0.289. The second-order valence-electron chi connectivity index (χ2n) is 8.36. The molecular formula is C24H28FN5O2. The van der Waals surface area contributed by atoms with Gasteiger partial charge in [-0.25, -0.2) is 9.37 Å². The van der Waals surface area contributed by atoms with Crippen LogP contribution >= 0.6 is 0 Å². The van der Waals surface area contributed by atoms with Crippen LogP contribution < -0.4 is 10.4 Å². The quantitative estimate of drug-likeness (QED) is 0.741. The predicted molar refractivity (Wildman–Crippen MR) is 120 cm³/mol. The summed E-state index contributed by atoms with van der Waals surface area (Å²) >= 11 is 0. The van der Waals surface area contributed by atoms with E-state index in [1.165, 1.54) is 4.57 Å². The highest BCUT2D eigenvalue weighted by Gasteiger charge is 2.27. The number of aromatic nitrogens is 2. The minimum atomic E-state index is -0.963. The Balaban J connectivity index is 1.60. The summed E-state index contributed by atoms with van der Waals surface area (Å²) in [5, 5.41) is 8.31. The van der Waals surface area contributed by atoms with Crippen LogP contribution in [0, 0.1) is 5.41 Å². The lowest BCUT2D eigenvalue weighted by molar-refractivity contribution is 0.0635. The number of piperidine rings is 1. The van der Waals surface area contributed by atoms with Gasteiger partial charge in [-0.2, -0.15) is 0 Å². The van der Waals surface area contributed by atoms with Crippen molar-refractivity contribution in [3.63, 3.8) is 0 Å². The minimum absolute atomic E-state index is 0.0758. The number of aryl methyl sites for hydroxylation is 1. The third kappa shape index (κ3) is 4.22. The van der Waals surface area contributed by atoms with Crippen LogP contribution in [0.3, 0.4) is 0 Å². The minimum Gasteiger partial charge on any atom is -0.336 e. The molecule has 0 aliphatic carbocycles. The van der Waals surface area contributed by atoms with E-state index in [2.05, 4.69) is 11.6 Å². The lowest BCUT2D eigenvalue weighted by atomic mass is 10.0. The number of hydrogen-bond acceptors (Lipinski definition) is 5. The van der Waals surface area contributed by atoms with E-state index in [4.69, 9.17) is 5.41 Å². The molecule has 0 saturated carbocycles. The molecule has 4 heterocycles. The molecule has 2 aliphatic heterocycles. The molecule has 1 fully saturated rings. The van der Waals surface area contributed by atoms with Crippen LogP contribution in [0.4, 0.5) is 15.9 Å². The van der Waals surface area contributed by atoms with E-state index in [9.17, 15) is 14.0 Å². The van der Waals surface area contributed by atoms with Gasteiger partial charge in [-0.1, -0.05) is 13.5 Å². The van der Waals surface area contributed by atoms with Crippen molar-refractivity contribution in [1.82, 2.24) is 14.5 Å². The van der Waals surface area contributed by atoms with E-state index >= 15 is 0 Å². The lowest BCUT2D eigenvalue weighted by Crippen LogP contribution is -2.41. The van der Waals surface area contributed by atoms with Crippen LogP contribution in [0.15, 0.2) is 42.7 Å². The van der Waals surface area contributed by atoms with Crippen molar-refractivity contribution >= 4 is 23.3 Å². The van der Waals surface area contributed by atoms with Gasteiger partial charge in [0.25, 0.3) is 11.8 Å². The predicted octanol–water partition coefficient (Wildman–Crippen LogP) is 3.63. The first-order chi connectivity index (χ1) is 15.4. The van der Waals surface area contributed by atoms with Crippen molar-refractivity contribution in [3.05, 3.63) is 59.4 Å². The monoisotopic (exact) mass is 437 g/mol. The number of carbonyl (C=O) groups is 2. The largest absolute Gasteiger partial charge is 0.336 e. The van der Waals surface area contributed by atoms with E-state index in [1.807, 2.05) is 17.9 Å². The highest BCUT2D eigenvalue weighted by atomic mass is 19.1. The number of likely N-dealkylation sites (tertiary alicyclic amines) is 1. The molecule has 2 aliphatic rings. The zero-order chi connectivity index (χ0) is 22.8. The van der Waals surface area contributed by atoms with Gasteiger partial charge in [-0.3, -0.25) is 19.6 Å². The zero-order valence-corrected chi connectivity index (χ0v) is 18.3. The van der Waals surface area contributed by atoms with Crippen molar-refractivity contribution in [2.75, 3.05) is 24.5 Å². The van der Waals surface area contributed by atoms with E-state index in [1.54, 1.807) is 29.4 Å². The fourth-order valence-electron chi connectivity index (χ4n) is 4.28. The molecule has 1 saturated heterocycles. The maximum atomic E-state index is 13.7. The summed E-state index contributed by atoms with van der Waals surface area (Å²) < 4.78 is 15.0. The molecule has 0 spiro atoms. The lowest BCUT2D eigenvalue weighted by Gasteiger charge is -2.32. The van der Waals surface area contributed by atoms with Gasteiger partial charge in [0.15, 0.2) is 0 Å². The second kappa shape index (κ2) is 9.06. The van der Waals surface area contributed by atoms with Crippen LogP contribution in [0.1, 0.15) is 53.3 Å². The van der Waals surface area contributed by atoms with Crippen LogP contribution in [0.5, 0.6) is 0 Å². The third-order valence-corrected chi connectivity index (χ3v) is 6.12. The average Bonchev–Trinajstić information content (AvgIpc) is 2.81. The SMILES string of the molecule is C=C(CC)C(=O)n1ccc(N2CCCc3cc(C(=O)N4CCC[C@@H](F)C4)cnc32)cc1=N. The first-order valence-electron chi connectivity index (χ1n) is 11.1. The van der Waals surface area contributed by atoms with Gasteiger partial charge >= 0.3 is 0 Å². The van der Waals surface area contributed by atoms with Crippen molar-refractivity contribution < 1.29 is 14.0 Å². The van der Waals surface area contributed by atoms with Crippen molar-refractivity contribution in [3.8, 4) is 0 Å². The number of pyridine rings is 2. The third-order valence-electron chi connectivity index (χ3n) is 6.12. The number of rotatable bonds is 4. The van der Waals surface area contributed by atoms with Gasteiger partial charge in [0, 0.05) is 42.8 Å². The Morgan fingerprint density at radius 2 is 2.09 bits per heavy atom. The summed E-state index contributed by atoms with van der Waals surface area (Å²) in [4.78, 5) is 33.4. The van der Waals surface area contributed by atoms with Crippen LogP contribution in [0.25, 0.3) is 0 Å². The number of amides is 1. The number of allylic oxidation sites excluding steroid dienone is 1. The van der Waals surface area contributed by atoms with Crippen molar-refractivity contribution in [2.24, 2.45) is 0 Å². The van der Waals surface area contributed by atoms with E-state index in [0.717, 1.165) is 36.5 Å². The number of anilines is 2. The van der Waals surface area contributed by atoms with Gasteiger partial charge in [0.2, 0.25) is 0 Å². The zero-order valence-electron chi connectivity index (χ0n) is 18.3. The smallest absolute Gasteiger partial charge is 0.258 e. The van der Waals surface area contributed by atoms with Gasteiger partial charge in [0.1, 0.15) is 17.5 Å². The maximum absolute atomic E-state index is 13.7. The van der Waals surface area contributed by atoms with Gasteiger partial charge < -0.3 is 9.80 Å². The number of nitrogens with zero attached hydrogens (tertiary/aromatic N) is 4. The summed E-state index contributed by atoms with van der Waals surface area (Å²) in [6.45, 7) is 7.06. The molecular weight excluding hydrogens is 409 g/mol. The molecule has 7 nitrogen and oxygen atoms in total. The van der Waals surface area contributed by atoms with E-state index < -0.39 is 6.17 Å². The topological polar surface area (TPSA) is 82.3 Å². The average molecular weight is 438 g/mol. The Morgan fingerprint density at radius 3 is 2.81 bits per heavy atom. The van der Waals surface area contributed by atoms with Gasteiger partial charge in [-0.05, 0) is 49.8 Å². The van der Waals surface area contributed by atoms with E-state index in [0.29, 0.717) is 36.9 Å². The molecule has 1 N–H and O–H groups in total. The Labute approximate surface area is 186 Å². The van der Waals surface area contributed by atoms with Crippen LogP contribution in [-0.4, -0.2) is 52.1 Å². The first-order valence-corrected chi connectivity index (χ1v) is 11.1. The molecule has 2 aromatic heterocycles. The van der Waals surface area contributed by atoms with Gasteiger partial charge in [0.05, 0.1) is 12.1 Å². The maximum Gasteiger partial charge on any atom is 0.258 e. The fourth-order valence-corrected chi connectivity index (χ4v) is 4.28. The van der Waals surface area contributed by atoms with Crippen LogP contribution in [0.2, 0.25) is 0 Å². The molecule has 0 radical (unpaired) electrons. The number of halogens is 1. The Morgan fingerprint density at radius 1 is 1.28 bits per heavy atom. The number of hydrogen-bond donors (Lipinski definition) is 1. The molecule has 0 bridgehead atoms. The normalized spacial score (nSPS) is 18.2. The number of alkyl halides is 1. The highest BCUT2D eigenvalue weighted by Crippen LogP contribution is 2.32. The molecule has 1 amide bonds. The Bertz CT molecular complexity index is 1130. The van der Waals surface area contributed by atoms with Crippen molar-refractivity contribution in [2.45, 2.75) is 45.2 Å². The van der Waals surface area contributed by atoms with Gasteiger partial charge in [-0.15, -0.1) is 0 Å². The molecule has 2 aromatic rings. The summed E-state index contributed by atoms with van der Waals surface area (Å²) in [7, 11) is 0. The summed E-state index contributed by atoms with van der Waals surface area (Å²) in [6, 6.07) is 5.30. The first kappa shape index (κ1) is 21.9. The highest BCUT2D eigenvalue weighted by molar-refractivity contribution is 5.95. The molecule has 4 rings (SSSR count). The standard InChI is InChI=1S/C24H28FN5O2/c1-3-16(2)23(31)30-11-8-20(13-21(30)26)29-10-4-6-17-12-18(14-27-22(17)29)24(32)28-9-5-7-19(25)15-28/h8,11-14,19,26H,2-7,9-10,15H2,1H3/t19-/m1/s1. The van der Waals surface area contributed by atoms with Crippen LogP contribution in [-0.2, 0) is 6.42 Å². The molecule has 1 atom stereocenters. The number of fused-ring (bicyclic) bond motifs is 1. The van der Waals surface area contributed by atoms with E-state index in [-0.39, 0.29) is 23.8 Å². The molecule has 8 heteroatoms. The fraction of sp³-hybridized carbons (Fsp3) is 0.417. The van der Waals surface area contributed by atoms with Crippen molar-refractivity contribution in [1.29, 1.82) is 5.41 Å². The molecule has 32 heavy (non-hydrogen) atoms. The summed E-state index contributed by atoms with van der Waals surface area (Å²) in [5.41, 5.74) is 2.73. The second-order valence-corrected chi connectivity index (χ2v) is 8.36. The summed E-state index contributed by atoms with van der Waals surface area (Å²) in [6.07, 6.45) is 5.57. The molecule has 0 aromatic carbocycles. The molecule has 168 valence electrons. The molecule has 0 unspecified atom stereocenters. The Kier molecular flexibility index (Phi) is 6.21.